The number of carbonyl (C=O) groups excluding carboxylic acids is 4. The number of imidazole rings is 1. The van der Waals surface area contributed by atoms with E-state index >= 15 is 0 Å². The van der Waals surface area contributed by atoms with Crippen molar-refractivity contribution >= 4 is 45.2 Å². The SMILES string of the molecule is CC(C)C[C@H](NC(=O)C[C@H](O)[C@H](CC(C)C)NC(=O)[C@H](Cc1cnc[nH]1)NC(=O)C(Cc1cccc2ccccc12)Cc1cccc2ccccc12)C(=O)NCCCC[C@H](N)CO. The molecule has 5 atom stereocenters. The number of nitrogens with two attached hydrogens (primary N) is 1. The highest BCUT2D eigenvalue weighted by Gasteiger charge is 2.32. The van der Waals surface area contributed by atoms with E-state index in [1.807, 2.05) is 76.2 Å². The van der Waals surface area contributed by atoms with Crippen molar-refractivity contribution in [1.29, 1.82) is 0 Å². The van der Waals surface area contributed by atoms with E-state index in [0.717, 1.165) is 39.1 Å². The molecule has 0 bridgehead atoms. The van der Waals surface area contributed by atoms with Crippen molar-refractivity contribution in [2.24, 2.45) is 23.5 Å². The molecule has 4 amide bonds. The van der Waals surface area contributed by atoms with E-state index in [9.17, 15) is 24.3 Å². The van der Waals surface area contributed by atoms with Crippen LogP contribution in [0.2, 0.25) is 0 Å². The Morgan fingerprint density at radius 1 is 0.698 bits per heavy atom. The Balaban J connectivity index is 1.33. The second-order valence-corrected chi connectivity index (χ2v) is 17.7. The standard InChI is InChI=1S/C50H67N7O6/c1-32(2)23-43(46(59)28-47(60)55-44(24-33(3)4)49(62)53-22-10-9-19-39(51)30-58)56-50(63)45(27-40-29-52-31-54-40)57-48(61)38(25-36-17-11-15-34-13-5-7-20-41(34)36)26-37-18-12-16-35-14-6-8-21-42(35)37/h5-8,11-18,20-21,29,31-33,38-39,43-46,58-59H,9-10,19,22-28,30,51H2,1-4H3,(H,52,54)(H,53,62)(H,55,60)(H,56,63)(H,57,61)/t39-,43-,44-,45-,46-/m0/s1. The molecule has 13 heteroatoms. The van der Waals surface area contributed by atoms with Gasteiger partial charge < -0.3 is 42.2 Å². The Kier molecular flexibility index (Phi) is 18.7. The van der Waals surface area contributed by atoms with Gasteiger partial charge in [-0.1, -0.05) is 119 Å². The topological polar surface area (TPSA) is 212 Å². The first-order valence-electron chi connectivity index (χ1n) is 22.4. The summed E-state index contributed by atoms with van der Waals surface area (Å²) in [5.74, 6) is -2.06. The molecule has 13 nitrogen and oxygen atoms in total. The summed E-state index contributed by atoms with van der Waals surface area (Å²) in [4.78, 5) is 63.0. The van der Waals surface area contributed by atoms with Gasteiger partial charge in [0.25, 0.3) is 0 Å². The lowest BCUT2D eigenvalue weighted by atomic mass is 9.87. The molecular weight excluding hydrogens is 795 g/mol. The molecule has 5 aromatic rings. The zero-order valence-corrected chi connectivity index (χ0v) is 37.2. The number of aromatic amines is 1. The molecule has 1 heterocycles. The van der Waals surface area contributed by atoms with E-state index in [1.54, 1.807) is 6.20 Å². The second-order valence-electron chi connectivity index (χ2n) is 17.7. The molecule has 0 fully saturated rings. The van der Waals surface area contributed by atoms with E-state index in [4.69, 9.17) is 10.8 Å². The van der Waals surface area contributed by atoms with Crippen molar-refractivity contribution in [2.75, 3.05) is 13.2 Å². The van der Waals surface area contributed by atoms with Gasteiger partial charge in [0.15, 0.2) is 0 Å². The van der Waals surface area contributed by atoms with Crippen molar-refractivity contribution in [1.82, 2.24) is 31.2 Å². The molecule has 0 radical (unpaired) electrons. The number of benzene rings is 4. The van der Waals surface area contributed by atoms with Gasteiger partial charge in [0.2, 0.25) is 23.6 Å². The summed E-state index contributed by atoms with van der Waals surface area (Å²) in [7, 11) is 0. The molecule has 63 heavy (non-hydrogen) atoms. The Hall–Kier alpha value is -5.63. The summed E-state index contributed by atoms with van der Waals surface area (Å²) in [6.07, 6.45) is 5.24. The number of aromatic nitrogens is 2. The van der Waals surface area contributed by atoms with Gasteiger partial charge in [0.05, 0.1) is 31.5 Å². The Morgan fingerprint density at radius 2 is 1.30 bits per heavy atom. The van der Waals surface area contributed by atoms with Crippen LogP contribution in [0.15, 0.2) is 97.5 Å². The summed E-state index contributed by atoms with van der Waals surface area (Å²) in [6.45, 7) is 8.14. The maximum atomic E-state index is 14.7. The normalized spacial score (nSPS) is 14.1. The predicted molar refractivity (Wildman–Crippen MR) is 248 cm³/mol. The van der Waals surface area contributed by atoms with E-state index in [2.05, 4.69) is 67.6 Å². The summed E-state index contributed by atoms with van der Waals surface area (Å²) in [6, 6.07) is 25.4. The van der Waals surface area contributed by atoms with Crippen LogP contribution in [0, 0.1) is 17.8 Å². The van der Waals surface area contributed by atoms with Crippen molar-refractivity contribution in [2.45, 2.75) is 116 Å². The minimum absolute atomic E-state index is 0.0332. The number of rotatable bonds is 25. The summed E-state index contributed by atoms with van der Waals surface area (Å²) in [5, 5.41) is 36.8. The first-order chi connectivity index (χ1) is 30.3. The molecule has 0 saturated heterocycles. The van der Waals surface area contributed by atoms with Crippen molar-refractivity contribution in [3.05, 3.63) is 114 Å². The largest absolute Gasteiger partial charge is 0.395 e. The molecule has 0 spiro atoms. The van der Waals surface area contributed by atoms with Gasteiger partial charge in [-0.05, 0) is 83.0 Å². The lowest BCUT2D eigenvalue weighted by Gasteiger charge is -2.29. The Labute approximate surface area is 371 Å². The minimum atomic E-state index is -1.29. The van der Waals surface area contributed by atoms with Crippen LogP contribution in [0.5, 0.6) is 0 Å². The fraction of sp³-hybridized carbons (Fsp3) is 0.460. The van der Waals surface area contributed by atoms with Gasteiger partial charge >= 0.3 is 0 Å². The minimum Gasteiger partial charge on any atom is -0.395 e. The van der Waals surface area contributed by atoms with Gasteiger partial charge in [-0.3, -0.25) is 19.2 Å². The highest BCUT2D eigenvalue weighted by atomic mass is 16.3. The number of H-pyrrole nitrogens is 1. The molecular formula is C50H67N7O6. The molecule has 0 unspecified atom stereocenters. The zero-order chi connectivity index (χ0) is 45.3. The van der Waals surface area contributed by atoms with Gasteiger partial charge in [-0.25, -0.2) is 4.98 Å². The number of fused-ring (bicyclic) bond motifs is 2. The number of unbranched alkanes of at least 4 members (excludes halogenated alkanes) is 1. The van der Waals surface area contributed by atoms with Crippen LogP contribution in [0.4, 0.5) is 0 Å². The highest BCUT2D eigenvalue weighted by molar-refractivity contribution is 5.92. The van der Waals surface area contributed by atoms with Crippen LogP contribution in [-0.2, 0) is 38.4 Å². The molecule has 338 valence electrons. The van der Waals surface area contributed by atoms with Gasteiger partial charge in [-0.15, -0.1) is 0 Å². The number of nitrogens with one attached hydrogen (secondary N) is 5. The molecule has 0 aliphatic carbocycles. The predicted octanol–water partition coefficient (Wildman–Crippen LogP) is 5.26. The second kappa shape index (κ2) is 24.3. The van der Waals surface area contributed by atoms with E-state index in [0.29, 0.717) is 50.8 Å². The molecule has 4 aromatic carbocycles. The van der Waals surface area contributed by atoms with Gasteiger partial charge in [-0.2, -0.15) is 0 Å². The molecule has 0 saturated carbocycles. The van der Waals surface area contributed by atoms with E-state index in [-0.39, 0.29) is 49.1 Å². The number of hydrogen-bond donors (Lipinski definition) is 8. The molecule has 0 aliphatic rings. The quantitative estimate of drug-likeness (QED) is 0.0362. The lowest BCUT2D eigenvalue weighted by molar-refractivity contribution is -0.133. The summed E-state index contributed by atoms with van der Waals surface area (Å²) < 4.78 is 0. The van der Waals surface area contributed by atoms with Crippen LogP contribution in [0.25, 0.3) is 21.5 Å². The number of hydrogen-bond acceptors (Lipinski definition) is 8. The fourth-order valence-electron chi connectivity index (χ4n) is 8.19. The van der Waals surface area contributed by atoms with E-state index < -0.39 is 42.0 Å². The number of carbonyl (C=O) groups is 4. The molecule has 5 rings (SSSR count). The zero-order valence-electron chi connectivity index (χ0n) is 37.2. The number of amides is 4. The van der Waals surface area contributed by atoms with Crippen LogP contribution in [-0.4, -0.2) is 87.2 Å². The maximum absolute atomic E-state index is 14.7. The first kappa shape index (κ1) is 48.4. The lowest BCUT2D eigenvalue weighted by Crippen LogP contribution is -2.55. The highest BCUT2D eigenvalue weighted by Crippen LogP contribution is 2.27. The van der Waals surface area contributed by atoms with Crippen LogP contribution >= 0.6 is 0 Å². The van der Waals surface area contributed by atoms with Gasteiger partial charge in [0, 0.05) is 36.8 Å². The van der Waals surface area contributed by atoms with E-state index in [1.165, 1.54) is 6.33 Å². The number of aliphatic hydroxyl groups is 2. The molecule has 9 N–H and O–H groups in total. The van der Waals surface area contributed by atoms with Gasteiger partial charge in [0.1, 0.15) is 12.1 Å². The van der Waals surface area contributed by atoms with Crippen LogP contribution in [0.3, 0.4) is 0 Å². The monoisotopic (exact) mass is 862 g/mol. The molecule has 0 aliphatic heterocycles. The summed E-state index contributed by atoms with van der Waals surface area (Å²) in [5.41, 5.74) is 8.47. The third kappa shape index (κ3) is 15.0. The summed E-state index contributed by atoms with van der Waals surface area (Å²) >= 11 is 0. The van der Waals surface area contributed by atoms with Crippen LogP contribution < -0.4 is 27.0 Å². The smallest absolute Gasteiger partial charge is 0.243 e. The Bertz CT molecular complexity index is 2140. The van der Waals surface area contributed by atoms with Crippen molar-refractivity contribution < 1.29 is 29.4 Å². The third-order valence-corrected chi connectivity index (χ3v) is 11.5. The fourth-order valence-corrected chi connectivity index (χ4v) is 8.19. The number of nitrogens with zero attached hydrogens (tertiary/aromatic N) is 1. The number of aliphatic hydroxyl groups excluding tert-OH is 2. The van der Waals surface area contributed by atoms with Crippen molar-refractivity contribution in [3.63, 3.8) is 0 Å². The maximum Gasteiger partial charge on any atom is 0.243 e. The first-order valence-corrected chi connectivity index (χ1v) is 22.4. The molecule has 1 aromatic heterocycles. The van der Waals surface area contributed by atoms with Crippen LogP contribution in [0.1, 0.15) is 83.0 Å². The third-order valence-electron chi connectivity index (χ3n) is 11.5. The average molecular weight is 862 g/mol. The van der Waals surface area contributed by atoms with Crippen molar-refractivity contribution in [3.8, 4) is 0 Å². The average Bonchev–Trinajstić information content (AvgIpc) is 3.78. The Morgan fingerprint density at radius 3 is 1.87 bits per heavy atom.